The number of carbonyl (C=O) groups excluding carboxylic acids is 4. The van der Waals surface area contributed by atoms with Crippen LogP contribution in [0.1, 0.15) is 389 Å². The van der Waals surface area contributed by atoms with E-state index in [1.807, 2.05) is 0 Å². The number of ether oxygens (including phenoxy) is 4. The molecule has 0 saturated carbocycles. The Bertz CT molecular complexity index is 1860. The second kappa shape index (κ2) is 66.6. The molecule has 0 heterocycles. The quantitative estimate of drug-likeness (QED) is 0.0222. The highest BCUT2D eigenvalue weighted by Gasteiger charge is 2.30. The number of hydrogen-bond acceptors (Lipinski definition) is 15. The molecule has 0 aliphatic heterocycles. The third-order valence-electron chi connectivity index (χ3n) is 18.4. The second-order valence-electron chi connectivity index (χ2n) is 28.4. The van der Waals surface area contributed by atoms with Gasteiger partial charge in [-0.25, -0.2) is 9.13 Å². The van der Waals surface area contributed by atoms with Crippen molar-refractivity contribution in [2.75, 3.05) is 39.6 Å². The predicted octanol–water partition coefficient (Wildman–Crippen LogP) is 22.2. The average molecular weight is 1400 g/mol. The normalized spacial score (nSPS) is 14.6. The maximum absolute atomic E-state index is 13.1. The third-order valence-corrected chi connectivity index (χ3v) is 20.3. The summed E-state index contributed by atoms with van der Waals surface area (Å²) in [4.78, 5) is 72.5. The molecule has 0 aliphatic carbocycles. The van der Waals surface area contributed by atoms with Gasteiger partial charge in [0.25, 0.3) is 0 Å². The summed E-state index contributed by atoms with van der Waals surface area (Å²) in [6.07, 6.45) is 53.0. The lowest BCUT2D eigenvalue weighted by molar-refractivity contribution is -0.161. The molecule has 0 bridgehead atoms. The molecule has 0 aromatic carbocycles. The van der Waals surface area contributed by atoms with E-state index in [9.17, 15) is 43.2 Å². The zero-order valence-electron chi connectivity index (χ0n) is 62.1. The van der Waals surface area contributed by atoms with E-state index in [0.29, 0.717) is 25.7 Å². The molecule has 0 aliphatic rings. The van der Waals surface area contributed by atoms with Gasteiger partial charge in [-0.3, -0.25) is 37.3 Å². The Balaban J connectivity index is 5.15. The monoisotopic (exact) mass is 1400 g/mol. The Morgan fingerprint density at radius 2 is 0.537 bits per heavy atom. The highest BCUT2D eigenvalue weighted by Crippen LogP contribution is 2.45. The largest absolute Gasteiger partial charge is 0.472 e. The number of unbranched alkanes of at least 4 members (excludes halogenated alkanes) is 40. The standard InChI is InChI=1S/C76H148O17P2/c1-8-11-12-40-50-57-73(78)86-63-71(92-75(80)60-53-46-39-33-27-21-22-28-34-41-47-54-67(4)5)65-90-94(82,83)88-61-70(77)62-89-95(84,85)91-66-72(93-76(81)59-52-45-38-32-26-20-16-14-18-24-30-36-43-49-56-69(7)10-3)64-87-74(79)58-51-44-37-31-25-19-15-13-17-23-29-35-42-48-55-68(6)9-2/h67-72,77H,8-66H2,1-7H3,(H,82,83)(H,84,85)/t68?,69?,70-,71+,72+/m0/s1. The average Bonchev–Trinajstić information content (AvgIpc) is 3.16. The van der Waals surface area contributed by atoms with E-state index in [2.05, 4.69) is 48.5 Å². The lowest BCUT2D eigenvalue weighted by atomic mass is 9.99. The van der Waals surface area contributed by atoms with E-state index >= 15 is 0 Å². The molecule has 4 unspecified atom stereocenters. The van der Waals surface area contributed by atoms with Gasteiger partial charge in [0, 0.05) is 25.7 Å². The van der Waals surface area contributed by atoms with Crippen LogP contribution < -0.4 is 0 Å². The molecule has 0 amide bonds. The van der Waals surface area contributed by atoms with Crippen LogP contribution in [0.15, 0.2) is 0 Å². The van der Waals surface area contributed by atoms with Crippen LogP contribution in [0.3, 0.4) is 0 Å². The molecular weight excluding hydrogens is 1250 g/mol. The van der Waals surface area contributed by atoms with E-state index in [0.717, 1.165) is 114 Å². The van der Waals surface area contributed by atoms with Crippen LogP contribution in [-0.2, 0) is 65.4 Å². The van der Waals surface area contributed by atoms with E-state index in [1.165, 1.54) is 193 Å². The van der Waals surface area contributed by atoms with E-state index < -0.39 is 97.5 Å². The SMILES string of the molecule is CCCCCCCC(=O)OC[C@H](COP(=O)(O)OC[C@H](O)COP(=O)(O)OC[C@@H](COC(=O)CCCCCCCCCCCCCCCCC(C)CC)OC(=O)CCCCCCCCCCCCCCCCC(C)CC)OC(=O)CCCCCCCCCCCCCC(C)C. The smallest absolute Gasteiger partial charge is 0.462 e. The van der Waals surface area contributed by atoms with Gasteiger partial charge in [-0.1, -0.05) is 337 Å². The minimum Gasteiger partial charge on any atom is -0.462 e. The zero-order valence-corrected chi connectivity index (χ0v) is 63.9. The molecule has 3 N–H and O–H groups in total. The van der Waals surface area contributed by atoms with Crippen LogP contribution in [0.4, 0.5) is 0 Å². The Morgan fingerprint density at radius 3 is 0.800 bits per heavy atom. The van der Waals surface area contributed by atoms with Gasteiger partial charge in [0.2, 0.25) is 0 Å². The van der Waals surface area contributed by atoms with E-state index in [-0.39, 0.29) is 25.7 Å². The summed E-state index contributed by atoms with van der Waals surface area (Å²) in [6.45, 7) is 11.9. The summed E-state index contributed by atoms with van der Waals surface area (Å²) < 4.78 is 68.3. The lowest BCUT2D eigenvalue weighted by Crippen LogP contribution is -2.30. The predicted molar refractivity (Wildman–Crippen MR) is 386 cm³/mol. The highest BCUT2D eigenvalue weighted by molar-refractivity contribution is 7.47. The molecule has 0 fully saturated rings. The minimum absolute atomic E-state index is 0.105. The van der Waals surface area contributed by atoms with Gasteiger partial charge in [0.1, 0.15) is 19.3 Å². The van der Waals surface area contributed by atoms with E-state index in [1.54, 1.807) is 0 Å². The summed E-state index contributed by atoms with van der Waals surface area (Å²) in [7, 11) is -9.90. The van der Waals surface area contributed by atoms with Gasteiger partial charge in [0.05, 0.1) is 26.4 Å². The zero-order chi connectivity index (χ0) is 70.1. The molecule has 0 radical (unpaired) electrons. The lowest BCUT2D eigenvalue weighted by Gasteiger charge is -2.21. The van der Waals surface area contributed by atoms with Crippen molar-refractivity contribution in [1.82, 2.24) is 0 Å². The molecule has 17 nitrogen and oxygen atoms in total. The molecule has 0 rings (SSSR count). The summed E-state index contributed by atoms with van der Waals surface area (Å²) in [6, 6.07) is 0. The van der Waals surface area contributed by atoms with Crippen LogP contribution in [0, 0.1) is 17.8 Å². The summed E-state index contributed by atoms with van der Waals surface area (Å²) in [5, 5.41) is 10.6. The summed E-state index contributed by atoms with van der Waals surface area (Å²) in [5.41, 5.74) is 0. The number of aliphatic hydroxyl groups excluding tert-OH is 1. The van der Waals surface area contributed by atoms with Crippen LogP contribution in [-0.4, -0.2) is 96.7 Å². The van der Waals surface area contributed by atoms with Crippen LogP contribution in [0.2, 0.25) is 0 Å². The van der Waals surface area contributed by atoms with Gasteiger partial charge >= 0.3 is 39.5 Å². The number of hydrogen-bond donors (Lipinski definition) is 3. The van der Waals surface area contributed by atoms with Gasteiger partial charge in [-0.15, -0.1) is 0 Å². The van der Waals surface area contributed by atoms with Crippen molar-refractivity contribution >= 4 is 39.5 Å². The maximum Gasteiger partial charge on any atom is 0.472 e. The van der Waals surface area contributed by atoms with Crippen LogP contribution in [0.5, 0.6) is 0 Å². The Hall–Kier alpha value is -1.94. The highest BCUT2D eigenvalue weighted by atomic mass is 31.2. The van der Waals surface area contributed by atoms with Gasteiger partial charge in [-0.2, -0.15) is 0 Å². The fourth-order valence-electron chi connectivity index (χ4n) is 11.5. The van der Waals surface area contributed by atoms with Crippen molar-refractivity contribution in [2.45, 2.75) is 407 Å². The number of carbonyl (C=O) groups is 4. The van der Waals surface area contributed by atoms with Gasteiger partial charge < -0.3 is 33.8 Å². The first-order chi connectivity index (χ1) is 45.8. The molecule has 95 heavy (non-hydrogen) atoms. The summed E-state index contributed by atoms with van der Waals surface area (Å²) in [5.74, 6) is 0.333. The Labute approximate surface area is 581 Å². The van der Waals surface area contributed by atoms with Crippen LogP contribution in [0.25, 0.3) is 0 Å². The van der Waals surface area contributed by atoms with E-state index in [4.69, 9.17) is 37.0 Å². The molecule has 0 spiro atoms. The van der Waals surface area contributed by atoms with Crippen LogP contribution >= 0.6 is 15.6 Å². The molecule has 7 atom stereocenters. The first-order valence-corrected chi connectivity index (χ1v) is 42.4. The van der Waals surface area contributed by atoms with Crippen molar-refractivity contribution in [3.8, 4) is 0 Å². The van der Waals surface area contributed by atoms with Crippen molar-refractivity contribution in [3.05, 3.63) is 0 Å². The molecule has 564 valence electrons. The number of phosphoric ester groups is 2. The molecule has 0 saturated heterocycles. The number of aliphatic hydroxyl groups is 1. The first kappa shape index (κ1) is 93.1. The number of esters is 4. The number of rotatable bonds is 74. The third kappa shape index (κ3) is 67.6. The fourth-order valence-corrected chi connectivity index (χ4v) is 13.1. The van der Waals surface area contributed by atoms with Crippen molar-refractivity contribution in [3.63, 3.8) is 0 Å². The topological polar surface area (TPSA) is 237 Å². The minimum atomic E-state index is -4.96. The first-order valence-electron chi connectivity index (χ1n) is 39.4. The van der Waals surface area contributed by atoms with Crippen molar-refractivity contribution in [1.29, 1.82) is 0 Å². The maximum atomic E-state index is 13.1. The Kier molecular flexibility index (Phi) is 65.2. The molecule has 19 heteroatoms. The number of phosphoric acid groups is 2. The second-order valence-corrected chi connectivity index (χ2v) is 31.3. The Morgan fingerprint density at radius 1 is 0.305 bits per heavy atom. The fraction of sp³-hybridized carbons (Fsp3) is 0.947. The van der Waals surface area contributed by atoms with Crippen molar-refractivity contribution in [2.24, 2.45) is 17.8 Å². The molecule has 0 aromatic heterocycles. The molecule has 0 aromatic rings. The summed E-state index contributed by atoms with van der Waals surface area (Å²) >= 11 is 0. The molecular formula is C76H148O17P2. The van der Waals surface area contributed by atoms with Crippen molar-refractivity contribution < 1.29 is 80.2 Å². The van der Waals surface area contributed by atoms with Gasteiger partial charge in [-0.05, 0) is 43.4 Å². The van der Waals surface area contributed by atoms with Gasteiger partial charge in [0.15, 0.2) is 12.2 Å².